The van der Waals surface area contributed by atoms with E-state index in [1.165, 1.54) is 34.9 Å². The quantitative estimate of drug-likeness (QED) is 0.798. The van der Waals surface area contributed by atoms with E-state index in [-0.39, 0.29) is 10.7 Å². The third-order valence-corrected chi connectivity index (χ3v) is 6.41. The predicted molar refractivity (Wildman–Crippen MR) is 107 cm³/mol. The molecule has 146 valence electrons. The summed E-state index contributed by atoms with van der Waals surface area (Å²) in [4.78, 5) is 26.6. The molecular weight excluding hydrogens is 381 g/mol. The van der Waals surface area contributed by atoms with Crippen LogP contribution in [0.25, 0.3) is 0 Å². The molecule has 28 heavy (non-hydrogen) atoms. The molecule has 2 aliphatic rings. The standard InChI is InChI=1S/C20H20FN3O3S/c1-19(2)11-24(18(26)22-13-6-4-5-12(21)9-13)20(28-19)15-10-14(27-3)7-8-16(15)23-17(20)25/h4-10H,11H2,1-3H3,(H,22,26)(H,23,25)/t20-/m1/s1. The number of carbonyl (C=O) groups is 2. The zero-order valence-corrected chi connectivity index (χ0v) is 16.5. The number of carbonyl (C=O) groups excluding carboxylic acids is 2. The summed E-state index contributed by atoms with van der Waals surface area (Å²) in [5.74, 6) is -0.122. The number of ether oxygens (including phenoxy) is 1. The molecule has 0 aliphatic carbocycles. The van der Waals surface area contributed by atoms with Crippen molar-refractivity contribution in [3.8, 4) is 5.75 Å². The van der Waals surface area contributed by atoms with Crippen LogP contribution in [0.3, 0.4) is 0 Å². The lowest BCUT2D eigenvalue weighted by molar-refractivity contribution is -0.121. The smallest absolute Gasteiger partial charge is 0.323 e. The Morgan fingerprint density at radius 2 is 2.07 bits per heavy atom. The van der Waals surface area contributed by atoms with Gasteiger partial charge in [0.25, 0.3) is 5.91 Å². The number of hydrogen-bond donors (Lipinski definition) is 2. The highest BCUT2D eigenvalue weighted by Gasteiger charge is 2.61. The van der Waals surface area contributed by atoms with Gasteiger partial charge in [-0.2, -0.15) is 0 Å². The summed E-state index contributed by atoms with van der Waals surface area (Å²) in [7, 11) is 1.55. The van der Waals surface area contributed by atoms with E-state index in [1.807, 2.05) is 13.8 Å². The number of benzene rings is 2. The highest BCUT2D eigenvalue weighted by Crippen LogP contribution is 2.58. The van der Waals surface area contributed by atoms with Crippen LogP contribution in [0.5, 0.6) is 5.75 Å². The number of fused-ring (bicyclic) bond motifs is 2. The maximum Gasteiger partial charge on any atom is 0.323 e. The maximum atomic E-state index is 13.5. The number of methoxy groups -OCH3 is 1. The number of halogens is 1. The monoisotopic (exact) mass is 401 g/mol. The number of hydrogen-bond acceptors (Lipinski definition) is 4. The molecule has 3 amide bonds. The second-order valence-electron chi connectivity index (χ2n) is 7.40. The van der Waals surface area contributed by atoms with Gasteiger partial charge in [-0.25, -0.2) is 9.18 Å². The molecule has 2 aromatic carbocycles. The minimum Gasteiger partial charge on any atom is -0.497 e. The summed E-state index contributed by atoms with van der Waals surface area (Å²) in [6.07, 6.45) is 0. The van der Waals surface area contributed by atoms with Gasteiger partial charge in [-0.1, -0.05) is 6.07 Å². The molecule has 0 aromatic heterocycles. The lowest BCUT2D eigenvalue weighted by Gasteiger charge is -2.32. The van der Waals surface area contributed by atoms with Crippen LogP contribution in [-0.4, -0.2) is 35.2 Å². The molecule has 4 rings (SSSR count). The van der Waals surface area contributed by atoms with Gasteiger partial charge < -0.3 is 15.4 Å². The van der Waals surface area contributed by atoms with E-state index in [1.54, 1.807) is 31.4 Å². The van der Waals surface area contributed by atoms with Crippen LogP contribution >= 0.6 is 11.8 Å². The fourth-order valence-electron chi connectivity index (χ4n) is 3.69. The van der Waals surface area contributed by atoms with Crippen LogP contribution in [0.1, 0.15) is 19.4 Å². The lowest BCUT2D eigenvalue weighted by Crippen LogP contribution is -2.49. The molecule has 8 heteroatoms. The molecule has 2 aromatic rings. The fourth-order valence-corrected chi connectivity index (χ4v) is 5.36. The first kappa shape index (κ1) is 18.6. The van der Waals surface area contributed by atoms with Crippen molar-refractivity contribution >= 4 is 35.1 Å². The van der Waals surface area contributed by atoms with Gasteiger partial charge >= 0.3 is 6.03 Å². The van der Waals surface area contributed by atoms with Gasteiger partial charge in [0.15, 0.2) is 4.87 Å². The average Bonchev–Trinajstić information content (AvgIpc) is 3.08. The van der Waals surface area contributed by atoms with Crippen molar-refractivity contribution in [3.05, 3.63) is 53.8 Å². The van der Waals surface area contributed by atoms with Gasteiger partial charge in [0.1, 0.15) is 11.6 Å². The summed E-state index contributed by atoms with van der Waals surface area (Å²) in [5, 5.41) is 5.60. The molecule has 0 bridgehead atoms. The SMILES string of the molecule is COc1ccc2c(c1)[C@@]1(SC(C)(C)CN1C(=O)Nc1cccc(F)c1)C(=O)N2. The molecule has 6 nitrogen and oxygen atoms in total. The Bertz CT molecular complexity index is 981. The van der Waals surface area contributed by atoms with Crippen molar-refractivity contribution in [2.45, 2.75) is 23.5 Å². The number of urea groups is 1. The largest absolute Gasteiger partial charge is 0.497 e. The molecule has 1 saturated heterocycles. The number of nitrogens with one attached hydrogen (secondary N) is 2. The van der Waals surface area contributed by atoms with E-state index in [2.05, 4.69) is 10.6 Å². The molecule has 2 heterocycles. The van der Waals surface area contributed by atoms with Gasteiger partial charge in [-0.3, -0.25) is 9.69 Å². The van der Waals surface area contributed by atoms with Crippen molar-refractivity contribution < 1.29 is 18.7 Å². The predicted octanol–water partition coefficient (Wildman–Crippen LogP) is 4.00. The van der Waals surface area contributed by atoms with Crippen LogP contribution in [0.4, 0.5) is 20.6 Å². The van der Waals surface area contributed by atoms with Gasteiger partial charge in [0.2, 0.25) is 0 Å². The topological polar surface area (TPSA) is 70.7 Å². The fraction of sp³-hybridized carbons (Fsp3) is 0.300. The Morgan fingerprint density at radius 3 is 2.79 bits per heavy atom. The molecule has 1 fully saturated rings. The third kappa shape index (κ3) is 2.88. The summed E-state index contributed by atoms with van der Waals surface area (Å²) < 4.78 is 18.5. The van der Waals surface area contributed by atoms with Crippen molar-refractivity contribution in [1.29, 1.82) is 0 Å². The van der Waals surface area contributed by atoms with E-state index in [9.17, 15) is 14.0 Å². The van der Waals surface area contributed by atoms with Crippen LogP contribution in [0, 0.1) is 5.82 Å². The molecule has 0 unspecified atom stereocenters. The summed E-state index contributed by atoms with van der Waals surface area (Å²) in [5.41, 5.74) is 1.67. The molecule has 1 atom stereocenters. The van der Waals surface area contributed by atoms with Gasteiger partial charge in [0.05, 0.1) is 7.11 Å². The average molecular weight is 401 g/mol. The second kappa shape index (κ2) is 6.41. The Morgan fingerprint density at radius 1 is 1.29 bits per heavy atom. The molecule has 0 saturated carbocycles. The minimum atomic E-state index is -1.22. The summed E-state index contributed by atoms with van der Waals surface area (Å²) >= 11 is 1.42. The number of rotatable bonds is 2. The zero-order chi connectivity index (χ0) is 20.1. The molecule has 1 spiro atoms. The highest BCUT2D eigenvalue weighted by atomic mass is 32.2. The molecule has 2 aliphatic heterocycles. The third-order valence-electron chi connectivity index (χ3n) is 4.81. The van der Waals surface area contributed by atoms with E-state index >= 15 is 0 Å². The highest BCUT2D eigenvalue weighted by molar-refractivity contribution is 8.02. The summed E-state index contributed by atoms with van der Waals surface area (Å²) in [6, 6.07) is 10.5. The number of anilines is 2. The van der Waals surface area contributed by atoms with Crippen LogP contribution in [0.2, 0.25) is 0 Å². The lowest BCUT2D eigenvalue weighted by atomic mass is 10.0. The Balaban J connectivity index is 1.77. The number of thioether (sulfide) groups is 1. The van der Waals surface area contributed by atoms with Gasteiger partial charge in [0, 0.05) is 28.2 Å². The van der Waals surface area contributed by atoms with Crippen LogP contribution in [0.15, 0.2) is 42.5 Å². The Kier molecular flexibility index (Phi) is 4.26. The first-order chi connectivity index (χ1) is 13.2. The van der Waals surface area contributed by atoms with E-state index in [0.717, 1.165) is 0 Å². The van der Waals surface area contributed by atoms with Gasteiger partial charge in [-0.15, -0.1) is 11.8 Å². The van der Waals surface area contributed by atoms with E-state index < -0.39 is 16.7 Å². The van der Waals surface area contributed by atoms with Crippen molar-refractivity contribution in [1.82, 2.24) is 4.90 Å². The van der Waals surface area contributed by atoms with Crippen LogP contribution in [-0.2, 0) is 9.67 Å². The first-order valence-electron chi connectivity index (χ1n) is 8.79. The van der Waals surface area contributed by atoms with Crippen LogP contribution < -0.4 is 15.4 Å². The molecule has 0 radical (unpaired) electrons. The zero-order valence-electron chi connectivity index (χ0n) is 15.7. The first-order valence-corrected chi connectivity index (χ1v) is 9.61. The van der Waals surface area contributed by atoms with E-state index in [4.69, 9.17) is 4.74 Å². The molecule has 2 N–H and O–H groups in total. The van der Waals surface area contributed by atoms with Gasteiger partial charge in [-0.05, 0) is 50.2 Å². The van der Waals surface area contributed by atoms with E-state index in [0.29, 0.717) is 29.2 Å². The Hall–Kier alpha value is -2.74. The minimum absolute atomic E-state index is 0.277. The normalized spacial score (nSPS) is 22.1. The van der Waals surface area contributed by atoms with Crippen molar-refractivity contribution in [2.24, 2.45) is 0 Å². The maximum absolute atomic E-state index is 13.5. The molecular formula is C20H20FN3O3S. The Labute approximate surface area is 166 Å². The van der Waals surface area contributed by atoms with Crippen molar-refractivity contribution in [2.75, 3.05) is 24.3 Å². The van der Waals surface area contributed by atoms with Crippen molar-refractivity contribution in [3.63, 3.8) is 0 Å². The number of nitrogens with zero attached hydrogens (tertiary/aromatic N) is 1. The summed E-state index contributed by atoms with van der Waals surface area (Å²) in [6.45, 7) is 4.32. The second-order valence-corrected chi connectivity index (χ2v) is 9.30. The number of amides is 3.